The van der Waals surface area contributed by atoms with Crippen LogP contribution >= 0.6 is 0 Å². The van der Waals surface area contributed by atoms with Gasteiger partial charge in [-0.25, -0.2) is 0 Å². The third-order valence-electron chi connectivity index (χ3n) is 3.04. The minimum atomic E-state index is 0.807. The van der Waals surface area contributed by atoms with Crippen molar-refractivity contribution in [3.05, 3.63) is 0 Å². The number of rotatable bonds is 2. The molecule has 0 heteroatoms. The molecule has 0 amide bonds. The van der Waals surface area contributed by atoms with Crippen LogP contribution in [0.2, 0.25) is 0 Å². The fraction of sp³-hybridized carbons (Fsp3) is 1.00. The first-order chi connectivity index (χ1) is 4.29. The molecule has 0 nitrogen and oxygen atoms in total. The van der Waals surface area contributed by atoms with Gasteiger partial charge in [0.05, 0.1) is 0 Å². The van der Waals surface area contributed by atoms with Crippen molar-refractivity contribution in [1.29, 1.82) is 0 Å². The van der Waals surface area contributed by atoms with E-state index in [4.69, 9.17) is 0 Å². The van der Waals surface area contributed by atoms with Gasteiger partial charge in [-0.1, -0.05) is 26.2 Å². The zero-order valence-corrected chi connectivity index (χ0v) is 6.32. The molecule has 0 aromatic heterocycles. The molecule has 0 spiro atoms. The van der Waals surface area contributed by atoms with Crippen molar-refractivity contribution in [2.45, 2.75) is 45.4 Å². The highest BCUT2D eigenvalue weighted by Gasteiger charge is 2.37. The smallest absolute Gasteiger partial charge is 0.0323 e. The second-order valence-electron chi connectivity index (χ2n) is 4.31. The van der Waals surface area contributed by atoms with E-state index in [2.05, 4.69) is 6.92 Å². The van der Waals surface area contributed by atoms with Crippen LogP contribution in [0.25, 0.3) is 0 Å². The SMILES string of the molecule is CC1(CC2CC2)CCC1. The maximum Gasteiger partial charge on any atom is -0.0323 e. The Labute approximate surface area is 57.6 Å². The Morgan fingerprint density at radius 3 is 2.33 bits per heavy atom. The van der Waals surface area contributed by atoms with Crippen molar-refractivity contribution in [3.8, 4) is 0 Å². The lowest BCUT2D eigenvalue weighted by atomic mass is 9.67. The van der Waals surface area contributed by atoms with Crippen LogP contribution in [0.4, 0.5) is 0 Å². The van der Waals surface area contributed by atoms with Crippen molar-refractivity contribution in [1.82, 2.24) is 0 Å². The number of hydrogen-bond acceptors (Lipinski definition) is 0. The summed E-state index contributed by atoms with van der Waals surface area (Å²) >= 11 is 0. The molecule has 2 aliphatic carbocycles. The Bertz CT molecular complexity index is 107. The minimum Gasteiger partial charge on any atom is -0.0596 e. The maximum absolute atomic E-state index is 2.47. The molecule has 0 heterocycles. The highest BCUT2D eigenvalue weighted by molar-refractivity contribution is 4.89. The quantitative estimate of drug-likeness (QED) is 0.531. The summed E-state index contributed by atoms with van der Waals surface area (Å²) in [6.45, 7) is 2.47. The molecule has 2 saturated carbocycles. The van der Waals surface area contributed by atoms with Gasteiger partial charge in [-0.15, -0.1) is 0 Å². The van der Waals surface area contributed by atoms with E-state index in [0.717, 1.165) is 11.3 Å². The molecular formula is C9H16. The van der Waals surface area contributed by atoms with Gasteiger partial charge in [-0.2, -0.15) is 0 Å². The van der Waals surface area contributed by atoms with Crippen LogP contribution in [0, 0.1) is 11.3 Å². The summed E-state index contributed by atoms with van der Waals surface area (Å²) in [6.07, 6.45) is 9.16. The van der Waals surface area contributed by atoms with E-state index < -0.39 is 0 Å². The fourth-order valence-corrected chi connectivity index (χ4v) is 2.00. The van der Waals surface area contributed by atoms with Crippen molar-refractivity contribution < 1.29 is 0 Å². The summed E-state index contributed by atoms with van der Waals surface area (Å²) in [5, 5.41) is 0. The number of hydrogen-bond donors (Lipinski definition) is 0. The van der Waals surface area contributed by atoms with Crippen LogP contribution in [-0.4, -0.2) is 0 Å². The Morgan fingerprint density at radius 1 is 1.33 bits per heavy atom. The van der Waals surface area contributed by atoms with E-state index in [0.29, 0.717) is 0 Å². The Kier molecular flexibility index (Phi) is 1.12. The summed E-state index contributed by atoms with van der Waals surface area (Å²) < 4.78 is 0. The Hall–Kier alpha value is 0. The molecule has 2 fully saturated rings. The molecule has 0 atom stereocenters. The van der Waals surface area contributed by atoms with Crippen LogP contribution in [0.1, 0.15) is 45.4 Å². The third kappa shape index (κ3) is 1.12. The molecule has 52 valence electrons. The van der Waals surface area contributed by atoms with Crippen LogP contribution in [0.5, 0.6) is 0 Å². The van der Waals surface area contributed by atoms with Gasteiger partial charge in [-0.3, -0.25) is 0 Å². The van der Waals surface area contributed by atoms with Gasteiger partial charge in [0, 0.05) is 0 Å². The van der Waals surface area contributed by atoms with E-state index in [-0.39, 0.29) is 0 Å². The predicted molar refractivity (Wildman–Crippen MR) is 39.3 cm³/mol. The fourth-order valence-electron chi connectivity index (χ4n) is 2.00. The summed E-state index contributed by atoms with van der Waals surface area (Å²) in [5.41, 5.74) is 0.807. The van der Waals surface area contributed by atoms with E-state index in [1.54, 1.807) is 6.42 Å². The van der Waals surface area contributed by atoms with E-state index >= 15 is 0 Å². The molecule has 0 radical (unpaired) electrons. The first-order valence-corrected chi connectivity index (χ1v) is 4.29. The Balaban J connectivity index is 1.81. The van der Waals surface area contributed by atoms with Crippen LogP contribution in [-0.2, 0) is 0 Å². The molecule has 9 heavy (non-hydrogen) atoms. The van der Waals surface area contributed by atoms with E-state index in [1.165, 1.54) is 32.1 Å². The van der Waals surface area contributed by atoms with Gasteiger partial charge in [-0.05, 0) is 30.6 Å². The molecule has 0 aliphatic heterocycles. The largest absolute Gasteiger partial charge is 0.0596 e. The summed E-state index contributed by atoms with van der Waals surface area (Å²) in [7, 11) is 0. The van der Waals surface area contributed by atoms with Gasteiger partial charge in [0.15, 0.2) is 0 Å². The highest BCUT2D eigenvalue weighted by Crippen LogP contribution is 2.50. The topological polar surface area (TPSA) is 0 Å². The average Bonchev–Trinajstić information content (AvgIpc) is 2.46. The first kappa shape index (κ1) is 5.76. The lowest BCUT2D eigenvalue weighted by molar-refractivity contribution is 0.137. The van der Waals surface area contributed by atoms with Gasteiger partial charge in [0.2, 0.25) is 0 Å². The van der Waals surface area contributed by atoms with Crippen LogP contribution in [0.15, 0.2) is 0 Å². The van der Waals surface area contributed by atoms with Gasteiger partial charge in [0.1, 0.15) is 0 Å². The molecule has 2 aliphatic rings. The standard InChI is InChI=1S/C9H16/c1-9(5-2-6-9)7-8-3-4-8/h8H,2-7H2,1H3. The molecule has 0 unspecified atom stereocenters. The van der Waals surface area contributed by atoms with Crippen molar-refractivity contribution in [3.63, 3.8) is 0 Å². The monoisotopic (exact) mass is 124 g/mol. The average molecular weight is 124 g/mol. The lowest BCUT2D eigenvalue weighted by Gasteiger charge is -2.38. The molecule has 0 saturated heterocycles. The maximum atomic E-state index is 2.47. The second-order valence-corrected chi connectivity index (χ2v) is 4.31. The molecule has 0 N–H and O–H groups in total. The normalized spacial score (nSPS) is 31.7. The predicted octanol–water partition coefficient (Wildman–Crippen LogP) is 2.98. The van der Waals surface area contributed by atoms with E-state index in [1.807, 2.05) is 0 Å². The van der Waals surface area contributed by atoms with Crippen LogP contribution in [0.3, 0.4) is 0 Å². The van der Waals surface area contributed by atoms with E-state index in [9.17, 15) is 0 Å². The summed E-state index contributed by atoms with van der Waals surface area (Å²) in [4.78, 5) is 0. The van der Waals surface area contributed by atoms with Crippen molar-refractivity contribution in [2.75, 3.05) is 0 Å². The van der Waals surface area contributed by atoms with Crippen molar-refractivity contribution in [2.24, 2.45) is 11.3 Å². The van der Waals surface area contributed by atoms with Gasteiger partial charge in [0.25, 0.3) is 0 Å². The van der Waals surface area contributed by atoms with Gasteiger partial charge >= 0.3 is 0 Å². The Morgan fingerprint density at radius 2 is 2.00 bits per heavy atom. The lowest BCUT2D eigenvalue weighted by Crippen LogP contribution is -2.25. The second kappa shape index (κ2) is 1.74. The molecule has 2 rings (SSSR count). The summed E-state index contributed by atoms with van der Waals surface area (Å²) in [5.74, 6) is 1.15. The zero-order valence-electron chi connectivity index (χ0n) is 6.32. The minimum absolute atomic E-state index is 0.807. The molecule has 0 aromatic carbocycles. The third-order valence-corrected chi connectivity index (χ3v) is 3.04. The summed E-state index contributed by atoms with van der Waals surface area (Å²) in [6, 6.07) is 0. The zero-order chi connectivity index (χ0) is 6.32. The van der Waals surface area contributed by atoms with Crippen LogP contribution < -0.4 is 0 Å². The first-order valence-electron chi connectivity index (χ1n) is 4.29. The highest BCUT2D eigenvalue weighted by atomic mass is 14.4. The molecular weight excluding hydrogens is 108 g/mol. The van der Waals surface area contributed by atoms with Gasteiger partial charge < -0.3 is 0 Å². The molecule has 0 aromatic rings. The molecule has 0 bridgehead atoms. The van der Waals surface area contributed by atoms with Crippen molar-refractivity contribution >= 4 is 0 Å².